The third-order valence-electron chi connectivity index (χ3n) is 4.89. The Hall–Kier alpha value is -2.63. The maximum Gasteiger partial charge on any atom is 0.276 e. The molecule has 1 aromatic heterocycles. The molecule has 0 spiro atoms. The zero-order valence-corrected chi connectivity index (χ0v) is 13.7. The largest absolute Gasteiger partial charge is 0.321 e. The molecule has 0 radical (unpaired) electrons. The van der Waals surface area contributed by atoms with Gasteiger partial charge in [-0.1, -0.05) is 6.07 Å². The first-order valence-electron chi connectivity index (χ1n) is 8.42. The molecule has 24 heavy (non-hydrogen) atoms. The van der Waals surface area contributed by atoms with Gasteiger partial charge in [-0.2, -0.15) is 5.10 Å². The maximum absolute atomic E-state index is 12.6. The number of carbonyl (C=O) groups is 2. The summed E-state index contributed by atoms with van der Waals surface area (Å²) in [5, 5.41) is 10.1. The van der Waals surface area contributed by atoms with Crippen LogP contribution in [0.2, 0.25) is 0 Å². The summed E-state index contributed by atoms with van der Waals surface area (Å²) in [5.41, 5.74) is 5.35. The molecule has 2 aliphatic rings. The Balaban J connectivity index is 1.58. The number of benzene rings is 1. The number of hydrogen-bond donors (Lipinski definition) is 2. The van der Waals surface area contributed by atoms with Crippen LogP contribution >= 0.6 is 0 Å². The summed E-state index contributed by atoms with van der Waals surface area (Å²) in [6.45, 7) is 2.27. The first-order valence-corrected chi connectivity index (χ1v) is 8.42. The molecule has 0 atom stereocenters. The molecule has 2 N–H and O–H groups in total. The quantitative estimate of drug-likeness (QED) is 0.890. The molecule has 2 heterocycles. The van der Waals surface area contributed by atoms with Crippen LogP contribution < -0.4 is 10.2 Å². The average Bonchev–Trinajstić information content (AvgIpc) is 3.18. The van der Waals surface area contributed by atoms with Crippen molar-refractivity contribution in [3.8, 4) is 0 Å². The Kier molecular flexibility index (Phi) is 3.59. The van der Waals surface area contributed by atoms with Gasteiger partial charge in [0, 0.05) is 36.1 Å². The van der Waals surface area contributed by atoms with Crippen LogP contribution in [0, 0.1) is 0 Å². The molecule has 6 nitrogen and oxygen atoms in total. The molecule has 1 aliphatic heterocycles. The van der Waals surface area contributed by atoms with Crippen molar-refractivity contribution in [1.82, 2.24) is 10.2 Å². The van der Waals surface area contributed by atoms with Gasteiger partial charge in [0.2, 0.25) is 5.91 Å². The number of fused-ring (bicyclic) bond motifs is 2. The Bertz CT molecular complexity index is 824. The second kappa shape index (κ2) is 5.78. The van der Waals surface area contributed by atoms with Crippen molar-refractivity contribution in [3.05, 3.63) is 40.7 Å². The van der Waals surface area contributed by atoms with Crippen LogP contribution in [0.4, 0.5) is 11.4 Å². The van der Waals surface area contributed by atoms with Crippen molar-refractivity contribution >= 4 is 23.2 Å². The highest BCUT2D eigenvalue weighted by atomic mass is 16.2. The lowest BCUT2D eigenvalue weighted by atomic mass is 9.96. The highest BCUT2D eigenvalue weighted by Gasteiger charge is 2.24. The van der Waals surface area contributed by atoms with E-state index in [4.69, 9.17) is 0 Å². The Morgan fingerprint density at radius 3 is 2.88 bits per heavy atom. The van der Waals surface area contributed by atoms with E-state index in [-0.39, 0.29) is 11.8 Å². The van der Waals surface area contributed by atoms with Gasteiger partial charge in [-0.3, -0.25) is 14.7 Å². The predicted molar refractivity (Wildman–Crippen MR) is 91.4 cm³/mol. The Labute approximate surface area is 140 Å². The summed E-state index contributed by atoms with van der Waals surface area (Å²) in [6, 6.07) is 5.74. The van der Waals surface area contributed by atoms with Gasteiger partial charge in [-0.25, -0.2) is 0 Å². The van der Waals surface area contributed by atoms with Crippen LogP contribution in [0.1, 0.15) is 47.1 Å². The van der Waals surface area contributed by atoms with Crippen LogP contribution in [-0.2, 0) is 24.1 Å². The number of nitrogens with zero attached hydrogens (tertiary/aromatic N) is 2. The van der Waals surface area contributed by atoms with Gasteiger partial charge in [0.15, 0.2) is 5.69 Å². The number of nitrogens with one attached hydrogen (secondary N) is 2. The minimum atomic E-state index is -0.193. The third-order valence-corrected chi connectivity index (χ3v) is 4.89. The number of hydrogen-bond acceptors (Lipinski definition) is 3. The van der Waals surface area contributed by atoms with E-state index in [1.54, 1.807) is 11.8 Å². The van der Waals surface area contributed by atoms with E-state index in [9.17, 15) is 9.59 Å². The molecule has 0 saturated heterocycles. The molecule has 1 aromatic carbocycles. The van der Waals surface area contributed by atoms with Crippen molar-refractivity contribution in [2.45, 2.75) is 39.0 Å². The Morgan fingerprint density at radius 2 is 2.04 bits per heavy atom. The number of anilines is 2. The van der Waals surface area contributed by atoms with Crippen LogP contribution in [-0.4, -0.2) is 28.6 Å². The summed E-state index contributed by atoms with van der Waals surface area (Å²) in [4.78, 5) is 26.1. The molecule has 6 heteroatoms. The lowest BCUT2D eigenvalue weighted by Gasteiger charge is -2.16. The summed E-state index contributed by atoms with van der Waals surface area (Å²) < 4.78 is 0. The number of amides is 2. The van der Waals surface area contributed by atoms with Gasteiger partial charge in [0.25, 0.3) is 5.91 Å². The second-order valence-electron chi connectivity index (χ2n) is 6.45. The molecule has 0 unspecified atom stereocenters. The smallest absolute Gasteiger partial charge is 0.276 e. The zero-order chi connectivity index (χ0) is 16.7. The SMILES string of the molecule is CC(=O)N1CCc2ccc(NC(=O)c3n[nH]c4c3CCCC4)cc21. The summed E-state index contributed by atoms with van der Waals surface area (Å²) in [6.07, 6.45) is 4.95. The van der Waals surface area contributed by atoms with Gasteiger partial charge in [0.05, 0.1) is 0 Å². The molecule has 0 bridgehead atoms. The fraction of sp³-hybridized carbons (Fsp3) is 0.389. The first-order chi connectivity index (χ1) is 11.6. The summed E-state index contributed by atoms with van der Waals surface area (Å²) >= 11 is 0. The van der Waals surface area contributed by atoms with E-state index in [1.165, 1.54) is 0 Å². The molecular formula is C18H20N4O2. The van der Waals surface area contributed by atoms with Crippen LogP contribution in [0.5, 0.6) is 0 Å². The number of aromatic amines is 1. The van der Waals surface area contributed by atoms with Gasteiger partial charge in [-0.15, -0.1) is 0 Å². The van der Waals surface area contributed by atoms with E-state index in [1.807, 2.05) is 18.2 Å². The van der Waals surface area contributed by atoms with E-state index in [0.717, 1.165) is 54.6 Å². The number of aryl methyl sites for hydroxylation is 1. The minimum absolute atomic E-state index is 0.0265. The maximum atomic E-state index is 12.6. The van der Waals surface area contributed by atoms with Gasteiger partial charge < -0.3 is 10.2 Å². The molecule has 4 rings (SSSR count). The van der Waals surface area contributed by atoms with E-state index < -0.39 is 0 Å². The second-order valence-corrected chi connectivity index (χ2v) is 6.45. The van der Waals surface area contributed by atoms with E-state index >= 15 is 0 Å². The molecule has 0 fully saturated rings. The van der Waals surface area contributed by atoms with Gasteiger partial charge in [-0.05, 0) is 49.8 Å². The fourth-order valence-electron chi connectivity index (χ4n) is 3.64. The Morgan fingerprint density at radius 1 is 1.21 bits per heavy atom. The van der Waals surface area contributed by atoms with Crippen molar-refractivity contribution in [2.75, 3.05) is 16.8 Å². The van der Waals surface area contributed by atoms with E-state index in [2.05, 4.69) is 15.5 Å². The van der Waals surface area contributed by atoms with Crippen molar-refractivity contribution < 1.29 is 9.59 Å². The van der Waals surface area contributed by atoms with Crippen LogP contribution in [0.25, 0.3) is 0 Å². The number of aromatic nitrogens is 2. The normalized spacial score (nSPS) is 15.8. The first kappa shape index (κ1) is 14.9. The van der Waals surface area contributed by atoms with Crippen molar-refractivity contribution in [3.63, 3.8) is 0 Å². The molecule has 1 aliphatic carbocycles. The van der Waals surface area contributed by atoms with Crippen LogP contribution in [0.3, 0.4) is 0 Å². The zero-order valence-electron chi connectivity index (χ0n) is 13.7. The van der Waals surface area contributed by atoms with Crippen LogP contribution in [0.15, 0.2) is 18.2 Å². The third kappa shape index (κ3) is 2.48. The highest BCUT2D eigenvalue weighted by Crippen LogP contribution is 2.31. The predicted octanol–water partition coefficient (Wildman–Crippen LogP) is 2.45. The lowest BCUT2D eigenvalue weighted by Crippen LogP contribution is -2.25. The number of carbonyl (C=O) groups excluding carboxylic acids is 2. The van der Waals surface area contributed by atoms with Gasteiger partial charge in [0.1, 0.15) is 0 Å². The fourth-order valence-corrected chi connectivity index (χ4v) is 3.64. The van der Waals surface area contributed by atoms with E-state index in [0.29, 0.717) is 17.9 Å². The summed E-state index contributed by atoms with van der Waals surface area (Å²) in [7, 11) is 0. The molecule has 0 saturated carbocycles. The molecule has 124 valence electrons. The molecular weight excluding hydrogens is 304 g/mol. The average molecular weight is 324 g/mol. The van der Waals surface area contributed by atoms with Gasteiger partial charge >= 0.3 is 0 Å². The number of H-pyrrole nitrogens is 1. The standard InChI is InChI=1S/C18H20N4O2/c1-11(23)22-9-8-12-6-7-13(10-16(12)22)19-18(24)17-14-4-2-3-5-15(14)20-21-17/h6-7,10H,2-5,8-9H2,1H3,(H,19,24)(H,20,21). The monoisotopic (exact) mass is 324 g/mol. The lowest BCUT2D eigenvalue weighted by molar-refractivity contribution is -0.116. The molecule has 2 amide bonds. The van der Waals surface area contributed by atoms with Crippen molar-refractivity contribution in [1.29, 1.82) is 0 Å². The van der Waals surface area contributed by atoms with Crippen molar-refractivity contribution in [2.24, 2.45) is 0 Å². The number of rotatable bonds is 2. The topological polar surface area (TPSA) is 78.1 Å². The highest BCUT2D eigenvalue weighted by molar-refractivity contribution is 6.04. The molecule has 2 aromatic rings. The summed E-state index contributed by atoms with van der Waals surface area (Å²) in [5.74, 6) is -0.166. The minimum Gasteiger partial charge on any atom is -0.321 e.